The first-order chi connectivity index (χ1) is 24.1. The maximum absolute atomic E-state index is 14.4. The lowest BCUT2D eigenvalue weighted by Gasteiger charge is -2.55. The van der Waals surface area contributed by atoms with E-state index in [1.54, 1.807) is 42.5 Å². The van der Waals surface area contributed by atoms with Crippen LogP contribution in [0.4, 0.5) is 5.69 Å². The number of carbonyl (C=O) groups is 5. The van der Waals surface area contributed by atoms with E-state index in [0.29, 0.717) is 5.56 Å². The van der Waals surface area contributed by atoms with Crippen LogP contribution in [-0.4, -0.2) is 36.1 Å². The fourth-order valence-corrected chi connectivity index (χ4v) is 9.74. The fourth-order valence-electron chi connectivity index (χ4n) is 7.44. The van der Waals surface area contributed by atoms with E-state index in [-0.39, 0.29) is 34.4 Å². The quantitative estimate of drug-likeness (QED) is 0.0558. The lowest BCUT2D eigenvalue weighted by Crippen LogP contribution is -2.56. The maximum Gasteiger partial charge on any atom is 0.343 e. The number of alkyl halides is 2. The number of hydrogen-bond donors (Lipinski definition) is 0. The van der Waals surface area contributed by atoms with Crippen LogP contribution in [0.3, 0.4) is 0 Å². The van der Waals surface area contributed by atoms with Gasteiger partial charge in [0.2, 0.25) is 11.8 Å². The average molecular weight is 791 g/mol. The van der Waals surface area contributed by atoms with Crippen LogP contribution in [0.25, 0.3) is 0 Å². The Bertz CT molecular complexity index is 2130. The molecule has 4 aliphatic rings. The first-order valence-corrected chi connectivity index (χ1v) is 17.4. The number of anilines is 1. The van der Waals surface area contributed by atoms with Gasteiger partial charge in [0.1, 0.15) is 5.75 Å². The van der Waals surface area contributed by atoms with Crippen LogP contribution in [0.1, 0.15) is 53.3 Å². The number of ether oxygens (including phenoxy) is 2. The highest BCUT2D eigenvalue weighted by molar-refractivity contribution is 9.10. The molecule has 2 amide bonds. The van der Waals surface area contributed by atoms with Gasteiger partial charge in [-0.2, -0.15) is 0 Å². The molecule has 0 spiro atoms. The lowest BCUT2D eigenvalue weighted by molar-refractivity contribution is -0.122. The van der Waals surface area contributed by atoms with Gasteiger partial charge in [0.15, 0.2) is 12.4 Å². The van der Waals surface area contributed by atoms with Crippen LogP contribution in [0.2, 0.25) is 0 Å². The molecule has 5 aromatic rings. The van der Waals surface area contributed by atoms with Gasteiger partial charge in [0, 0.05) is 5.56 Å². The monoisotopic (exact) mass is 789 g/mol. The van der Waals surface area contributed by atoms with Crippen molar-refractivity contribution in [3.63, 3.8) is 0 Å². The van der Waals surface area contributed by atoms with Gasteiger partial charge in [0.05, 0.1) is 37.3 Å². The number of ketones is 1. The molecule has 0 saturated carbocycles. The van der Waals surface area contributed by atoms with Crippen molar-refractivity contribution in [3.8, 4) is 5.75 Å². The predicted octanol–water partition coefficient (Wildman–Crippen LogP) is 7.36. The zero-order valence-corrected chi connectivity index (χ0v) is 29.2. The molecule has 1 saturated heterocycles. The summed E-state index contributed by atoms with van der Waals surface area (Å²) in [5, 5.41) is 0. The first-order valence-electron chi connectivity index (χ1n) is 15.8. The number of rotatable bonds is 7. The Morgan fingerprint density at radius 3 is 1.62 bits per heavy atom. The van der Waals surface area contributed by atoms with Crippen molar-refractivity contribution in [2.24, 2.45) is 11.8 Å². The van der Waals surface area contributed by atoms with Crippen LogP contribution in [-0.2, 0) is 23.0 Å². The Morgan fingerprint density at radius 1 is 0.580 bits per heavy atom. The maximum atomic E-state index is 14.4. The Labute approximate surface area is 303 Å². The number of amides is 2. The number of benzene rings is 5. The molecule has 0 aromatic heterocycles. The summed E-state index contributed by atoms with van der Waals surface area (Å²) in [5.41, 5.74) is 4.64. The number of esters is 2. The number of nitrogens with zero attached hydrogens (tertiary/aromatic N) is 1. The van der Waals surface area contributed by atoms with Gasteiger partial charge in [-0.3, -0.25) is 14.4 Å². The molecule has 1 aliphatic heterocycles. The van der Waals surface area contributed by atoms with Crippen LogP contribution >= 0.6 is 31.9 Å². The molecule has 0 N–H and O–H groups in total. The number of hydrogen-bond acceptors (Lipinski definition) is 7. The average Bonchev–Trinajstić information content (AvgIpc) is 3.43. The standard InChI is InChI=1S/C40H25Br2NO7/c41-39-28-13-4-5-14-29(28)40(42,31-16-7-6-15-30(31)39)34-33(39)35(45)43(36(34)46)26-12-8-11-25(21-26)37(47)49-22-32(44)23-17-19-27(20-18-23)50-38(48)24-9-2-1-3-10-24/h1-21,33-34H,22H2. The molecule has 2 unspecified atom stereocenters. The van der Waals surface area contributed by atoms with Gasteiger partial charge in [-0.05, 0) is 76.9 Å². The predicted molar refractivity (Wildman–Crippen MR) is 191 cm³/mol. The molecular formula is C40H25Br2NO7. The van der Waals surface area contributed by atoms with Crippen LogP contribution in [0.15, 0.2) is 127 Å². The van der Waals surface area contributed by atoms with Crippen LogP contribution < -0.4 is 9.64 Å². The Hall–Kier alpha value is -5.19. The summed E-state index contributed by atoms with van der Waals surface area (Å²) in [6.45, 7) is -0.549. The summed E-state index contributed by atoms with van der Waals surface area (Å²) < 4.78 is 8.82. The zero-order chi connectivity index (χ0) is 34.8. The van der Waals surface area contributed by atoms with Gasteiger partial charge in [-0.25, -0.2) is 14.5 Å². The van der Waals surface area contributed by atoms with Crippen LogP contribution in [0.5, 0.6) is 5.75 Å². The summed E-state index contributed by atoms with van der Waals surface area (Å²) in [4.78, 5) is 68.3. The molecule has 2 atom stereocenters. The van der Waals surface area contributed by atoms with Crippen molar-refractivity contribution in [3.05, 3.63) is 166 Å². The molecule has 10 heteroatoms. The molecule has 1 heterocycles. The highest BCUT2D eigenvalue weighted by Gasteiger charge is 2.72. The summed E-state index contributed by atoms with van der Waals surface area (Å²) >= 11 is 7.99. The highest BCUT2D eigenvalue weighted by Crippen LogP contribution is 2.70. The van der Waals surface area contributed by atoms with E-state index >= 15 is 0 Å². The molecule has 0 radical (unpaired) electrons. The summed E-state index contributed by atoms with van der Waals surface area (Å²) in [6, 6.07) is 36.2. The molecule has 1 fully saturated rings. The Morgan fingerprint density at radius 2 is 1.08 bits per heavy atom. The second-order valence-electron chi connectivity index (χ2n) is 12.3. The highest BCUT2D eigenvalue weighted by atomic mass is 79.9. The third-order valence-corrected chi connectivity index (χ3v) is 12.4. The Balaban J connectivity index is 1.000. The number of halogens is 2. The van der Waals surface area contributed by atoms with E-state index in [1.165, 1.54) is 36.4 Å². The van der Waals surface area contributed by atoms with Crippen LogP contribution in [0, 0.1) is 11.8 Å². The lowest BCUT2D eigenvalue weighted by atomic mass is 9.54. The van der Waals surface area contributed by atoms with Crippen molar-refractivity contribution in [2.75, 3.05) is 11.5 Å². The first kappa shape index (κ1) is 32.0. The van der Waals surface area contributed by atoms with Crippen molar-refractivity contribution in [1.82, 2.24) is 0 Å². The zero-order valence-electron chi connectivity index (χ0n) is 26.0. The van der Waals surface area contributed by atoms with E-state index < -0.39 is 44.8 Å². The van der Waals surface area contributed by atoms with Gasteiger partial charge < -0.3 is 9.47 Å². The molecule has 246 valence electrons. The molecule has 8 nitrogen and oxygen atoms in total. The third-order valence-electron chi connectivity index (χ3n) is 9.66. The second kappa shape index (κ2) is 12.0. The Kier molecular flexibility index (Phi) is 7.69. The van der Waals surface area contributed by atoms with E-state index in [9.17, 15) is 24.0 Å². The normalized spacial score (nSPS) is 22.7. The minimum atomic E-state index is -0.944. The van der Waals surface area contributed by atoms with Gasteiger partial charge in [-0.15, -0.1) is 0 Å². The third kappa shape index (κ3) is 4.73. The summed E-state index contributed by atoms with van der Waals surface area (Å²) in [6.07, 6.45) is 0. The van der Waals surface area contributed by atoms with Crippen molar-refractivity contribution in [2.45, 2.75) is 8.65 Å². The smallest absolute Gasteiger partial charge is 0.343 e. The molecule has 9 rings (SSSR count). The van der Waals surface area contributed by atoms with Gasteiger partial charge >= 0.3 is 11.9 Å². The van der Waals surface area contributed by atoms with E-state index in [0.717, 1.165) is 27.2 Å². The molecule has 50 heavy (non-hydrogen) atoms. The fraction of sp³-hybridized carbons (Fsp3) is 0.125. The van der Waals surface area contributed by atoms with Gasteiger partial charge in [0.25, 0.3) is 0 Å². The second-order valence-corrected chi connectivity index (χ2v) is 14.8. The van der Waals surface area contributed by atoms with Gasteiger partial charge in [-0.1, -0.05) is 105 Å². The van der Waals surface area contributed by atoms with E-state index in [4.69, 9.17) is 9.47 Å². The molecule has 2 bridgehead atoms. The van der Waals surface area contributed by atoms with E-state index in [1.807, 2.05) is 48.5 Å². The van der Waals surface area contributed by atoms with Crippen molar-refractivity contribution < 1.29 is 33.4 Å². The minimum absolute atomic E-state index is 0.0746. The summed E-state index contributed by atoms with van der Waals surface area (Å²) in [5.74, 6) is -3.83. The minimum Gasteiger partial charge on any atom is -0.454 e. The molecule has 5 aromatic carbocycles. The van der Waals surface area contributed by atoms with Crippen molar-refractivity contribution in [1.29, 1.82) is 0 Å². The summed E-state index contributed by atoms with van der Waals surface area (Å²) in [7, 11) is 0. The number of Topliss-reactive ketones (excluding diaryl/α,β-unsaturated/α-hetero) is 1. The SMILES string of the molecule is O=C(COC(=O)c1cccc(N2C(=O)C3C(C2=O)C2(Br)c4ccccc4C3(Br)c3ccccc32)c1)c1ccc(OC(=O)c2ccccc2)cc1. The van der Waals surface area contributed by atoms with Crippen molar-refractivity contribution >= 4 is 67.1 Å². The number of imide groups is 1. The largest absolute Gasteiger partial charge is 0.454 e. The molecule has 3 aliphatic carbocycles. The molecular weight excluding hydrogens is 766 g/mol. The number of carbonyl (C=O) groups excluding carboxylic acids is 5. The van der Waals surface area contributed by atoms with E-state index in [2.05, 4.69) is 31.9 Å². The topological polar surface area (TPSA) is 107 Å².